The monoisotopic (exact) mass is 240 g/mol. The molecule has 0 rings (SSSR count). The molecule has 0 aliphatic rings. The van der Waals surface area contributed by atoms with E-state index in [2.05, 4.69) is 16.6 Å². The lowest BCUT2D eigenvalue weighted by molar-refractivity contribution is -0.424. The molecule has 0 aromatic heterocycles. The predicted octanol–water partition coefficient (Wildman–Crippen LogP) is 2.03. The van der Waals surface area contributed by atoms with E-state index >= 15 is 0 Å². The van der Waals surface area contributed by atoms with Crippen molar-refractivity contribution >= 4 is 6.09 Å². The van der Waals surface area contributed by atoms with E-state index in [1.54, 1.807) is 12.2 Å². The number of allylic oxidation sites excluding steroid dienone is 4. The molecule has 0 saturated heterocycles. The molecule has 0 fully saturated rings. The van der Waals surface area contributed by atoms with E-state index in [0.29, 0.717) is 13.0 Å². The minimum Gasteiger partial charge on any atom is -0.453 e. The molecule has 0 heterocycles. The van der Waals surface area contributed by atoms with Gasteiger partial charge in [0.25, 0.3) is 0 Å². The Bertz CT molecular complexity index is 358. The van der Waals surface area contributed by atoms with E-state index in [1.807, 2.05) is 0 Å². The van der Waals surface area contributed by atoms with Gasteiger partial charge in [0, 0.05) is 19.5 Å². The molecule has 0 atom stereocenters. The van der Waals surface area contributed by atoms with E-state index in [4.69, 9.17) is 0 Å². The fourth-order valence-electron chi connectivity index (χ4n) is 0.923. The first-order valence-corrected chi connectivity index (χ1v) is 4.97. The Labute approximate surface area is 99.8 Å². The van der Waals surface area contributed by atoms with Crippen molar-refractivity contribution in [1.29, 1.82) is 0 Å². The highest BCUT2D eigenvalue weighted by molar-refractivity contribution is 5.66. The molecule has 6 nitrogen and oxygen atoms in total. The van der Waals surface area contributed by atoms with Gasteiger partial charge >= 0.3 is 6.09 Å². The van der Waals surface area contributed by atoms with E-state index in [9.17, 15) is 14.9 Å². The van der Waals surface area contributed by atoms with E-state index in [0.717, 1.165) is 5.57 Å². The van der Waals surface area contributed by atoms with Crippen LogP contribution in [0.25, 0.3) is 0 Å². The largest absolute Gasteiger partial charge is 0.453 e. The highest BCUT2D eigenvalue weighted by Crippen LogP contribution is 2.04. The Morgan fingerprint density at radius 1 is 1.53 bits per heavy atom. The molecule has 0 aromatic carbocycles. The number of methoxy groups -OCH3 is 1. The third-order valence-electron chi connectivity index (χ3n) is 1.96. The maximum Gasteiger partial charge on any atom is 0.406 e. The molecule has 0 bridgehead atoms. The number of nitrogens with zero attached hydrogens (tertiary/aromatic N) is 1. The van der Waals surface area contributed by atoms with Gasteiger partial charge in [0.2, 0.25) is 5.70 Å². The Morgan fingerprint density at radius 2 is 2.18 bits per heavy atom. The van der Waals surface area contributed by atoms with Crippen LogP contribution in [0.1, 0.15) is 13.3 Å². The van der Waals surface area contributed by atoms with Crippen LogP contribution in [-0.4, -0.2) is 24.7 Å². The third-order valence-corrected chi connectivity index (χ3v) is 1.96. The minimum absolute atomic E-state index is 0.0466. The first-order valence-electron chi connectivity index (χ1n) is 4.97. The average Bonchev–Trinajstić information content (AvgIpc) is 2.32. The number of ether oxygens (including phenoxy) is 1. The number of hydrogen-bond donors (Lipinski definition) is 1. The van der Waals surface area contributed by atoms with Crippen molar-refractivity contribution in [2.75, 3.05) is 13.7 Å². The second kappa shape index (κ2) is 8.09. The van der Waals surface area contributed by atoms with Gasteiger partial charge in [-0.1, -0.05) is 18.7 Å². The number of alkyl carbamates (subject to hydrolysis) is 1. The van der Waals surface area contributed by atoms with Gasteiger partial charge in [-0.2, -0.15) is 0 Å². The second-order valence-corrected chi connectivity index (χ2v) is 3.18. The van der Waals surface area contributed by atoms with E-state index < -0.39 is 11.0 Å². The van der Waals surface area contributed by atoms with Gasteiger partial charge < -0.3 is 10.1 Å². The van der Waals surface area contributed by atoms with Gasteiger partial charge in [-0.3, -0.25) is 10.1 Å². The summed E-state index contributed by atoms with van der Waals surface area (Å²) in [7, 11) is 1.28. The topological polar surface area (TPSA) is 81.5 Å². The van der Waals surface area contributed by atoms with E-state index in [-0.39, 0.29) is 5.70 Å². The van der Waals surface area contributed by atoms with Crippen molar-refractivity contribution in [1.82, 2.24) is 5.32 Å². The average molecular weight is 240 g/mol. The van der Waals surface area contributed by atoms with Gasteiger partial charge in [-0.25, -0.2) is 4.79 Å². The van der Waals surface area contributed by atoms with Crippen molar-refractivity contribution in [3.05, 3.63) is 46.2 Å². The number of hydrogen-bond acceptors (Lipinski definition) is 4. The summed E-state index contributed by atoms with van der Waals surface area (Å²) in [4.78, 5) is 20.6. The Balaban J connectivity index is 4.29. The number of rotatable bonds is 6. The van der Waals surface area contributed by atoms with Crippen molar-refractivity contribution in [3.63, 3.8) is 0 Å². The molecule has 0 saturated carbocycles. The van der Waals surface area contributed by atoms with Crippen LogP contribution in [-0.2, 0) is 4.74 Å². The molecule has 17 heavy (non-hydrogen) atoms. The zero-order chi connectivity index (χ0) is 13.3. The third kappa shape index (κ3) is 6.88. The van der Waals surface area contributed by atoms with Crippen molar-refractivity contribution in [3.8, 4) is 0 Å². The van der Waals surface area contributed by atoms with Crippen LogP contribution in [0.3, 0.4) is 0 Å². The Morgan fingerprint density at radius 3 is 2.65 bits per heavy atom. The molecule has 1 N–H and O–H groups in total. The molecule has 0 radical (unpaired) electrons. The summed E-state index contributed by atoms with van der Waals surface area (Å²) in [5.74, 6) is 0. The zero-order valence-electron chi connectivity index (χ0n) is 9.93. The van der Waals surface area contributed by atoms with Gasteiger partial charge in [0.05, 0.1) is 12.0 Å². The molecule has 0 unspecified atom stereocenters. The highest BCUT2D eigenvalue weighted by Gasteiger charge is 2.00. The number of nitrogens with one attached hydrogen (secondary N) is 1. The maximum atomic E-state index is 10.8. The molecule has 0 spiro atoms. The summed E-state index contributed by atoms with van der Waals surface area (Å²) >= 11 is 0. The van der Waals surface area contributed by atoms with Crippen LogP contribution in [0.5, 0.6) is 0 Å². The second-order valence-electron chi connectivity index (χ2n) is 3.18. The lowest BCUT2D eigenvalue weighted by Crippen LogP contribution is -2.24. The van der Waals surface area contributed by atoms with Gasteiger partial charge in [0.15, 0.2) is 0 Å². The van der Waals surface area contributed by atoms with E-state index in [1.165, 1.54) is 20.1 Å². The summed E-state index contributed by atoms with van der Waals surface area (Å²) < 4.78 is 4.40. The van der Waals surface area contributed by atoms with Crippen LogP contribution in [0, 0.1) is 10.1 Å². The smallest absolute Gasteiger partial charge is 0.406 e. The molecule has 0 aliphatic heterocycles. The fourth-order valence-corrected chi connectivity index (χ4v) is 0.923. The standard InChI is InChI=1S/C11H16N2O4/c1-4-10(6-5-9(2)13(15)16)7-8-12-11(14)17-3/h4-6H,1,7-8H2,2-3H3,(H,12,14)/b9-5+,10-6+. The van der Waals surface area contributed by atoms with Crippen LogP contribution < -0.4 is 5.32 Å². The van der Waals surface area contributed by atoms with Crippen LogP contribution >= 0.6 is 0 Å². The lowest BCUT2D eigenvalue weighted by atomic mass is 10.1. The summed E-state index contributed by atoms with van der Waals surface area (Å²) in [6.45, 7) is 5.38. The van der Waals surface area contributed by atoms with Crippen molar-refractivity contribution in [2.45, 2.75) is 13.3 Å². The molecule has 94 valence electrons. The van der Waals surface area contributed by atoms with Crippen LogP contribution in [0.2, 0.25) is 0 Å². The SMILES string of the molecule is C=C/C(=C\C=C(/C)[N+](=O)[O-])CCNC(=O)OC. The van der Waals surface area contributed by atoms with Crippen molar-refractivity contribution in [2.24, 2.45) is 0 Å². The highest BCUT2D eigenvalue weighted by atomic mass is 16.6. The number of nitro groups is 1. The first-order chi connectivity index (χ1) is 8.01. The summed E-state index contributed by atoms with van der Waals surface area (Å²) in [5, 5.41) is 12.9. The zero-order valence-corrected chi connectivity index (χ0v) is 9.93. The molecule has 0 aliphatic carbocycles. The van der Waals surface area contributed by atoms with Gasteiger partial charge in [0.1, 0.15) is 0 Å². The summed E-state index contributed by atoms with van der Waals surface area (Å²) in [6.07, 6.45) is 4.60. The molecule has 0 aromatic rings. The summed E-state index contributed by atoms with van der Waals surface area (Å²) in [6, 6.07) is 0. The normalized spacial score (nSPS) is 11.9. The fraction of sp³-hybridized carbons (Fsp3) is 0.364. The molecular weight excluding hydrogens is 224 g/mol. The number of carbonyl (C=O) groups is 1. The number of carbonyl (C=O) groups excluding carboxylic acids is 1. The predicted molar refractivity (Wildman–Crippen MR) is 64.1 cm³/mol. The lowest BCUT2D eigenvalue weighted by Gasteiger charge is -2.03. The van der Waals surface area contributed by atoms with Crippen molar-refractivity contribution < 1.29 is 14.5 Å². The molecule has 1 amide bonds. The summed E-state index contributed by atoms with van der Waals surface area (Å²) in [5.41, 5.74) is 0.841. The first kappa shape index (κ1) is 14.9. The maximum absolute atomic E-state index is 10.8. The quantitative estimate of drug-likeness (QED) is 0.437. The van der Waals surface area contributed by atoms with Gasteiger partial charge in [-0.15, -0.1) is 0 Å². The number of amides is 1. The minimum atomic E-state index is -0.509. The van der Waals surface area contributed by atoms with Crippen LogP contribution in [0.4, 0.5) is 4.79 Å². The Hall–Kier alpha value is -2.11. The Kier molecular flexibility index (Phi) is 7.09. The van der Waals surface area contributed by atoms with Crippen LogP contribution in [0.15, 0.2) is 36.1 Å². The van der Waals surface area contributed by atoms with Gasteiger partial charge in [-0.05, 0) is 12.0 Å². The molecular formula is C11H16N2O4. The molecule has 6 heteroatoms.